The number of carbonyl (C=O) groups excluding carboxylic acids is 1. The van der Waals surface area contributed by atoms with Crippen molar-refractivity contribution >= 4 is 46.5 Å². The number of carboxylic acid groups (broad SMARTS) is 1. The third kappa shape index (κ3) is 6.57. The lowest BCUT2D eigenvalue weighted by atomic mass is 9.87. The summed E-state index contributed by atoms with van der Waals surface area (Å²) in [5.74, 6) is -0.532. The van der Waals surface area contributed by atoms with Gasteiger partial charge in [-0.1, -0.05) is 49.4 Å². The number of aryl methyl sites for hydroxylation is 1. The van der Waals surface area contributed by atoms with Crippen LogP contribution in [0, 0.1) is 11.8 Å². The van der Waals surface area contributed by atoms with Crippen LogP contribution in [0.3, 0.4) is 0 Å². The van der Waals surface area contributed by atoms with Gasteiger partial charge in [0.25, 0.3) is 0 Å². The zero-order valence-electron chi connectivity index (χ0n) is 18.8. The summed E-state index contributed by atoms with van der Waals surface area (Å²) in [5, 5.41) is 20.3. The minimum absolute atomic E-state index is 0.000880. The van der Waals surface area contributed by atoms with Crippen molar-refractivity contribution in [2.45, 2.75) is 61.0 Å². The number of aliphatic hydroxyl groups is 1. The van der Waals surface area contributed by atoms with Crippen LogP contribution in [0.1, 0.15) is 60.3 Å². The van der Waals surface area contributed by atoms with E-state index in [-0.39, 0.29) is 28.7 Å². The van der Waals surface area contributed by atoms with Crippen molar-refractivity contribution in [3.63, 3.8) is 0 Å². The number of aliphatic hydroxyl groups excluding tert-OH is 1. The van der Waals surface area contributed by atoms with Gasteiger partial charge in [-0.3, -0.25) is 4.79 Å². The maximum atomic E-state index is 12.9. The van der Waals surface area contributed by atoms with Crippen LogP contribution in [0.5, 0.6) is 0 Å². The van der Waals surface area contributed by atoms with E-state index in [1.165, 1.54) is 35.6 Å². The number of aromatic nitrogens is 1. The maximum absolute atomic E-state index is 12.9. The first-order valence-electron chi connectivity index (χ1n) is 11.1. The zero-order chi connectivity index (χ0) is 24.0. The van der Waals surface area contributed by atoms with Crippen LogP contribution in [0.25, 0.3) is 0 Å². The molecule has 5 atom stereocenters. The molecule has 0 radical (unpaired) electrons. The van der Waals surface area contributed by atoms with E-state index in [9.17, 15) is 14.7 Å². The molecule has 0 saturated heterocycles. The molecule has 3 rings (SSSR count). The van der Waals surface area contributed by atoms with Crippen molar-refractivity contribution in [1.82, 2.24) is 4.98 Å². The third-order valence-electron chi connectivity index (χ3n) is 6.16. The van der Waals surface area contributed by atoms with Crippen LogP contribution in [-0.2, 0) is 16.0 Å². The maximum Gasteiger partial charge on any atom is 0.355 e. The molecule has 2 aromatic rings. The average molecular weight is 512 g/mol. The fraction of sp³-hybridized carbons (Fsp3) is 0.542. The van der Waals surface area contributed by atoms with E-state index in [0.717, 1.165) is 36.8 Å². The Kier molecular flexibility index (Phi) is 9.76. The molecule has 1 heterocycles. The summed E-state index contributed by atoms with van der Waals surface area (Å²) in [7, 11) is 1.52. The van der Waals surface area contributed by atoms with Crippen molar-refractivity contribution in [2.24, 2.45) is 11.8 Å². The van der Waals surface area contributed by atoms with Crippen LogP contribution in [0.4, 0.5) is 0 Å². The molecule has 0 bridgehead atoms. The lowest BCUT2D eigenvalue weighted by Crippen LogP contribution is -2.26. The van der Waals surface area contributed by atoms with E-state index in [1.54, 1.807) is 0 Å². The van der Waals surface area contributed by atoms with Crippen LogP contribution >= 0.6 is 34.7 Å². The second-order valence-corrected chi connectivity index (χ2v) is 11.0. The number of nitrogens with zero attached hydrogens (tertiary/aromatic N) is 1. The minimum atomic E-state index is -1.04. The number of ketones is 1. The SMILES string of the molecule is CCCC(O)c1ccc(CC[C@H]2C(Cl)C(OC)C(=O)[C@@H]2CCSc2nc(C(=O)O)cs2)cc1. The number of hydrogen-bond donors (Lipinski definition) is 2. The second kappa shape index (κ2) is 12.3. The summed E-state index contributed by atoms with van der Waals surface area (Å²) in [6.07, 6.45) is 2.84. The highest BCUT2D eigenvalue weighted by Crippen LogP contribution is 2.41. The number of alkyl halides is 1. The Hall–Kier alpha value is -1.45. The molecule has 0 spiro atoms. The average Bonchev–Trinajstić information content (AvgIpc) is 3.36. The summed E-state index contributed by atoms with van der Waals surface area (Å²) < 4.78 is 6.10. The molecule has 1 aromatic carbocycles. The van der Waals surface area contributed by atoms with Crippen molar-refractivity contribution in [3.05, 3.63) is 46.5 Å². The highest BCUT2D eigenvalue weighted by atomic mass is 35.5. The van der Waals surface area contributed by atoms with Crippen LogP contribution in [0.15, 0.2) is 34.0 Å². The van der Waals surface area contributed by atoms with Gasteiger partial charge in [0.2, 0.25) is 0 Å². The van der Waals surface area contributed by atoms with Crippen molar-refractivity contribution in [1.29, 1.82) is 0 Å². The Balaban J connectivity index is 1.60. The Bertz CT molecular complexity index is 935. The van der Waals surface area contributed by atoms with Gasteiger partial charge >= 0.3 is 5.97 Å². The first-order chi connectivity index (χ1) is 15.8. The largest absolute Gasteiger partial charge is 0.476 e. The summed E-state index contributed by atoms with van der Waals surface area (Å²) >= 11 is 9.44. The lowest BCUT2D eigenvalue weighted by molar-refractivity contribution is -0.129. The van der Waals surface area contributed by atoms with Gasteiger partial charge in [0.15, 0.2) is 15.8 Å². The molecule has 1 fully saturated rings. The fourth-order valence-electron chi connectivity index (χ4n) is 4.36. The number of hydrogen-bond acceptors (Lipinski definition) is 7. The standard InChI is InChI=1S/C24H30ClNO5S2/c1-3-4-19(27)15-8-5-14(6-9-15)7-10-16-17(21(28)22(31-2)20(16)25)11-12-32-24-26-18(13-33-24)23(29)30/h5-6,8-9,13,16-17,19-20,22,27H,3-4,7,10-12H2,1-2H3,(H,29,30)/t16-,17-,19?,20?,22?/m1/s1. The number of rotatable bonds is 12. The molecule has 6 nitrogen and oxygen atoms in total. The highest BCUT2D eigenvalue weighted by molar-refractivity contribution is 8.01. The van der Waals surface area contributed by atoms with E-state index in [2.05, 4.69) is 11.9 Å². The molecule has 0 aliphatic heterocycles. The Labute approximate surface area is 207 Å². The number of methoxy groups -OCH3 is 1. The number of halogens is 1. The molecular weight excluding hydrogens is 482 g/mol. The topological polar surface area (TPSA) is 96.7 Å². The number of thioether (sulfide) groups is 1. The van der Waals surface area contributed by atoms with Crippen molar-refractivity contribution in [3.8, 4) is 0 Å². The molecule has 180 valence electrons. The monoisotopic (exact) mass is 511 g/mol. The summed E-state index contributed by atoms with van der Waals surface area (Å²) in [6.45, 7) is 2.05. The summed E-state index contributed by atoms with van der Waals surface area (Å²) in [4.78, 5) is 28.0. The predicted octanol–water partition coefficient (Wildman–Crippen LogP) is 5.23. The van der Waals surface area contributed by atoms with Crippen molar-refractivity contribution in [2.75, 3.05) is 12.9 Å². The van der Waals surface area contributed by atoms with Gasteiger partial charge in [-0.05, 0) is 42.7 Å². The number of ether oxygens (including phenoxy) is 1. The minimum Gasteiger partial charge on any atom is -0.476 e. The van der Waals surface area contributed by atoms with E-state index in [4.69, 9.17) is 21.4 Å². The molecule has 33 heavy (non-hydrogen) atoms. The van der Waals surface area contributed by atoms with Crippen LogP contribution in [0.2, 0.25) is 0 Å². The van der Waals surface area contributed by atoms with Crippen LogP contribution in [-0.4, -0.2) is 51.3 Å². The van der Waals surface area contributed by atoms with E-state index >= 15 is 0 Å². The molecule has 1 saturated carbocycles. The molecular formula is C24H30ClNO5S2. The van der Waals surface area contributed by atoms with Gasteiger partial charge in [0.05, 0.1) is 11.5 Å². The van der Waals surface area contributed by atoms with Gasteiger partial charge in [0, 0.05) is 24.2 Å². The van der Waals surface area contributed by atoms with Gasteiger partial charge in [-0.25, -0.2) is 9.78 Å². The van der Waals surface area contributed by atoms with Crippen molar-refractivity contribution < 1.29 is 24.5 Å². The van der Waals surface area contributed by atoms with E-state index in [1.807, 2.05) is 24.3 Å². The quantitative estimate of drug-likeness (QED) is 0.297. The third-order valence-corrected chi connectivity index (χ3v) is 8.77. The number of aromatic carboxylic acids is 1. The normalized spacial score (nSPS) is 23.7. The van der Waals surface area contributed by atoms with E-state index in [0.29, 0.717) is 16.5 Å². The number of carboxylic acids is 1. The summed E-state index contributed by atoms with van der Waals surface area (Å²) in [6, 6.07) is 8.02. The Morgan fingerprint density at radius 3 is 2.64 bits per heavy atom. The number of thiazole rings is 1. The number of benzene rings is 1. The molecule has 2 N–H and O–H groups in total. The van der Waals surface area contributed by atoms with Gasteiger partial charge < -0.3 is 14.9 Å². The van der Waals surface area contributed by atoms with E-state index < -0.39 is 18.2 Å². The smallest absolute Gasteiger partial charge is 0.355 e. The zero-order valence-corrected chi connectivity index (χ0v) is 21.2. The first-order valence-corrected chi connectivity index (χ1v) is 13.4. The second-order valence-electron chi connectivity index (χ2n) is 8.30. The van der Waals surface area contributed by atoms with Crippen LogP contribution < -0.4 is 0 Å². The number of carbonyl (C=O) groups is 2. The molecule has 3 unspecified atom stereocenters. The summed E-state index contributed by atoms with van der Waals surface area (Å²) in [5.41, 5.74) is 2.12. The number of Topliss-reactive ketones (excluding diaryl/α,β-unsaturated/α-hetero) is 1. The first kappa shape index (κ1) is 26.2. The van der Waals surface area contributed by atoms with Gasteiger partial charge in [-0.2, -0.15) is 0 Å². The van der Waals surface area contributed by atoms with Gasteiger partial charge in [0.1, 0.15) is 6.10 Å². The lowest BCUT2D eigenvalue weighted by Gasteiger charge is -2.21. The molecule has 1 aliphatic rings. The highest BCUT2D eigenvalue weighted by Gasteiger charge is 2.48. The fourth-order valence-corrected chi connectivity index (χ4v) is 6.78. The Morgan fingerprint density at radius 1 is 1.30 bits per heavy atom. The Morgan fingerprint density at radius 2 is 2.03 bits per heavy atom. The predicted molar refractivity (Wildman–Crippen MR) is 131 cm³/mol. The molecule has 9 heteroatoms. The molecule has 1 aromatic heterocycles. The molecule has 1 aliphatic carbocycles. The van der Waals surface area contributed by atoms with Gasteiger partial charge in [-0.15, -0.1) is 22.9 Å². The molecule has 0 amide bonds.